The zero-order valence-corrected chi connectivity index (χ0v) is 24.7. The lowest BCUT2D eigenvalue weighted by molar-refractivity contribution is -0.120. The quantitative estimate of drug-likeness (QED) is 0.189. The summed E-state index contributed by atoms with van der Waals surface area (Å²) in [5, 5.41) is 11.9. The topological polar surface area (TPSA) is 184 Å². The lowest BCUT2D eigenvalue weighted by Crippen LogP contribution is -2.35. The molecule has 2 aromatic carbocycles. The fourth-order valence-corrected chi connectivity index (χ4v) is 5.68. The van der Waals surface area contributed by atoms with Gasteiger partial charge in [-0.1, -0.05) is 24.7 Å². The predicted octanol–water partition coefficient (Wildman–Crippen LogP) is 2.13. The van der Waals surface area contributed by atoms with Crippen LogP contribution in [0.1, 0.15) is 23.6 Å². The van der Waals surface area contributed by atoms with Crippen molar-refractivity contribution in [2.24, 2.45) is 0 Å². The first-order chi connectivity index (χ1) is 20.0. The molecule has 0 fully saturated rings. The van der Waals surface area contributed by atoms with Gasteiger partial charge in [0.05, 0.1) is 33.5 Å². The number of benzene rings is 2. The third-order valence-electron chi connectivity index (χ3n) is 6.15. The molecular weight excluding hydrogens is 588 g/mol. The number of sulfonamides is 2. The molecule has 0 saturated carbocycles. The van der Waals surface area contributed by atoms with Crippen LogP contribution in [0.15, 0.2) is 64.1 Å². The number of amides is 1. The van der Waals surface area contributed by atoms with Crippen molar-refractivity contribution in [1.82, 2.24) is 25.0 Å². The van der Waals surface area contributed by atoms with Crippen LogP contribution in [0.3, 0.4) is 0 Å². The molecule has 2 heterocycles. The first-order valence-corrected chi connectivity index (χ1v) is 15.6. The van der Waals surface area contributed by atoms with Crippen LogP contribution in [0.2, 0.25) is 0 Å². The fourth-order valence-electron chi connectivity index (χ4n) is 4.00. The Morgan fingerprint density at radius 1 is 1.07 bits per heavy atom. The zero-order chi connectivity index (χ0) is 30.5. The lowest BCUT2D eigenvalue weighted by atomic mass is 10.1. The molecule has 3 N–H and O–H groups in total. The van der Waals surface area contributed by atoms with E-state index in [0.717, 1.165) is 16.5 Å². The Morgan fingerprint density at radius 3 is 2.52 bits per heavy atom. The summed E-state index contributed by atoms with van der Waals surface area (Å²) in [6, 6.07) is 8.35. The van der Waals surface area contributed by atoms with E-state index in [2.05, 4.69) is 31.6 Å². The van der Waals surface area contributed by atoms with Gasteiger partial charge in [0.25, 0.3) is 10.0 Å². The molecule has 16 heteroatoms. The van der Waals surface area contributed by atoms with Crippen molar-refractivity contribution in [1.29, 1.82) is 0 Å². The molecule has 4 aromatic rings. The van der Waals surface area contributed by atoms with Crippen molar-refractivity contribution in [3.05, 3.63) is 71.4 Å². The van der Waals surface area contributed by atoms with Gasteiger partial charge in [0, 0.05) is 23.7 Å². The maximum Gasteiger partial charge on any atom is 0.266 e. The van der Waals surface area contributed by atoms with Crippen LogP contribution in [0.25, 0.3) is 11.0 Å². The maximum absolute atomic E-state index is 13.3. The van der Waals surface area contributed by atoms with Gasteiger partial charge in [-0.15, -0.1) is 0 Å². The van der Waals surface area contributed by atoms with Crippen LogP contribution in [0.5, 0.6) is 11.5 Å². The second-order valence-electron chi connectivity index (χ2n) is 9.00. The van der Waals surface area contributed by atoms with E-state index in [1.54, 1.807) is 47.4 Å². The molecule has 14 nitrogen and oxygen atoms in total. The van der Waals surface area contributed by atoms with Gasteiger partial charge in [-0.2, -0.15) is 5.10 Å². The summed E-state index contributed by atoms with van der Waals surface area (Å²) in [6.07, 6.45) is 3.91. The summed E-state index contributed by atoms with van der Waals surface area (Å²) >= 11 is 0. The van der Waals surface area contributed by atoms with Crippen molar-refractivity contribution in [2.75, 3.05) is 25.5 Å². The molecule has 0 spiro atoms. The van der Waals surface area contributed by atoms with Gasteiger partial charge in [0.1, 0.15) is 21.8 Å². The predicted molar refractivity (Wildman–Crippen MR) is 154 cm³/mol. The molecule has 0 unspecified atom stereocenters. The van der Waals surface area contributed by atoms with E-state index in [1.165, 1.54) is 14.2 Å². The minimum Gasteiger partial charge on any atom is -0.496 e. The van der Waals surface area contributed by atoms with E-state index in [9.17, 15) is 21.6 Å². The first kappa shape index (κ1) is 30.5. The van der Waals surface area contributed by atoms with E-state index >= 15 is 0 Å². The Hall–Kier alpha value is -4.41. The highest BCUT2D eigenvalue weighted by Gasteiger charge is 2.25. The van der Waals surface area contributed by atoms with Crippen LogP contribution in [0.4, 0.5) is 5.82 Å². The summed E-state index contributed by atoms with van der Waals surface area (Å²) in [5.74, 6) is -0.0315. The molecule has 0 aliphatic carbocycles. The van der Waals surface area contributed by atoms with Gasteiger partial charge < -0.3 is 19.3 Å². The third-order valence-corrected chi connectivity index (χ3v) is 8.49. The molecule has 4 rings (SSSR count). The summed E-state index contributed by atoms with van der Waals surface area (Å²) in [4.78, 5) is 11.9. The minimum atomic E-state index is -4.09. The van der Waals surface area contributed by atoms with Gasteiger partial charge in [-0.05, 0) is 41.8 Å². The van der Waals surface area contributed by atoms with E-state index < -0.39 is 32.5 Å². The number of ether oxygens (including phenoxy) is 2. The summed E-state index contributed by atoms with van der Waals surface area (Å²) in [7, 11) is -4.95. The number of aromatic nitrogens is 3. The van der Waals surface area contributed by atoms with Gasteiger partial charge in [0.15, 0.2) is 11.4 Å². The van der Waals surface area contributed by atoms with Crippen LogP contribution in [-0.4, -0.2) is 58.4 Å². The number of fused-ring (bicyclic) bond motifs is 1. The largest absolute Gasteiger partial charge is 0.496 e. The van der Waals surface area contributed by atoms with Gasteiger partial charge >= 0.3 is 0 Å². The summed E-state index contributed by atoms with van der Waals surface area (Å²) in [5.41, 5.74) is 2.52. The molecule has 0 bridgehead atoms. The Morgan fingerprint density at radius 2 is 1.83 bits per heavy atom. The van der Waals surface area contributed by atoms with Crippen molar-refractivity contribution in [2.45, 2.75) is 31.3 Å². The number of anilines is 1. The number of hydrogen-bond donors (Lipinski definition) is 3. The molecule has 224 valence electrons. The smallest absolute Gasteiger partial charge is 0.266 e. The Bertz CT molecular complexity index is 1830. The van der Waals surface area contributed by atoms with Crippen molar-refractivity contribution in [3.63, 3.8) is 0 Å². The highest BCUT2D eigenvalue weighted by atomic mass is 32.2. The zero-order valence-electron chi connectivity index (χ0n) is 23.1. The number of nitrogens with zero attached hydrogens (tertiary/aromatic N) is 3. The molecular formula is C26H30N6O8S2. The molecule has 0 aliphatic heterocycles. The number of aryl methyl sites for hydroxylation is 1. The Labute approximate surface area is 242 Å². The Balaban J connectivity index is 1.49. The normalized spacial score (nSPS) is 11.8. The van der Waals surface area contributed by atoms with Crippen LogP contribution >= 0.6 is 0 Å². The van der Waals surface area contributed by atoms with Crippen LogP contribution in [0, 0.1) is 0 Å². The molecule has 1 amide bonds. The number of carbonyl (C=O) groups excluding carboxylic acids is 1. The van der Waals surface area contributed by atoms with Crippen molar-refractivity contribution in [3.8, 4) is 11.5 Å². The van der Waals surface area contributed by atoms with Crippen molar-refractivity contribution < 1.29 is 35.6 Å². The lowest BCUT2D eigenvalue weighted by Gasteiger charge is -2.12. The molecule has 0 radical (unpaired) electrons. The fraction of sp³-hybridized carbons (Fsp3) is 0.269. The second kappa shape index (κ2) is 12.6. The van der Waals surface area contributed by atoms with E-state index in [1.807, 2.05) is 6.92 Å². The Kier molecular flexibility index (Phi) is 9.18. The molecule has 0 aliphatic rings. The first-order valence-electron chi connectivity index (χ1n) is 12.5. The average Bonchev–Trinajstić information content (AvgIpc) is 3.60. The summed E-state index contributed by atoms with van der Waals surface area (Å²) < 4.78 is 71.8. The molecule has 42 heavy (non-hydrogen) atoms. The molecule has 2 aromatic heterocycles. The second-order valence-corrected chi connectivity index (χ2v) is 12.4. The van der Waals surface area contributed by atoms with Crippen LogP contribution in [-0.2, 0) is 44.4 Å². The molecule has 0 atom stereocenters. The SMILES string of the molecule is C=CS(=O)(=O)NCC(=O)NCc1cnn(Cc2cc(OC)c3c(NS(=O)(=O)c4cc(CC)ccc4OC)noc3c2)c1. The van der Waals surface area contributed by atoms with E-state index in [4.69, 9.17) is 14.0 Å². The minimum absolute atomic E-state index is 0.0279. The highest BCUT2D eigenvalue weighted by molar-refractivity contribution is 7.93. The van der Waals surface area contributed by atoms with E-state index in [-0.39, 0.29) is 28.6 Å². The van der Waals surface area contributed by atoms with Gasteiger partial charge in [-0.25, -0.2) is 21.6 Å². The van der Waals surface area contributed by atoms with Crippen molar-refractivity contribution >= 4 is 42.7 Å². The van der Waals surface area contributed by atoms with Gasteiger partial charge in [0.2, 0.25) is 15.9 Å². The number of methoxy groups -OCH3 is 2. The highest BCUT2D eigenvalue weighted by Crippen LogP contribution is 2.36. The maximum atomic E-state index is 13.3. The number of hydrogen-bond acceptors (Lipinski definition) is 10. The molecule has 0 saturated heterocycles. The summed E-state index contributed by atoms with van der Waals surface area (Å²) in [6.45, 7) is 5.09. The third kappa shape index (κ3) is 7.07. The monoisotopic (exact) mass is 618 g/mol. The van der Waals surface area contributed by atoms with E-state index in [0.29, 0.717) is 29.7 Å². The van der Waals surface area contributed by atoms with Crippen LogP contribution < -0.4 is 24.2 Å². The number of carbonyl (C=O) groups is 1. The number of nitrogens with one attached hydrogen (secondary N) is 3. The average molecular weight is 619 g/mol. The standard InChI is InChI=1S/C26H30N6O8S2/c1-5-17-7-8-20(38-3)23(11-17)42(36,37)31-26-25-21(39-4)9-18(10-22(25)40-30-26)15-32-16-19(13-28-32)12-27-24(33)14-29-41(34,35)6-2/h6-11,13,16,29H,2,5,12,14-15H2,1,3-4H3,(H,27,33)(H,30,31). The number of rotatable bonds is 14. The van der Waals surface area contributed by atoms with Gasteiger partial charge in [-0.3, -0.25) is 14.2 Å².